The van der Waals surface area contributed by atoms with Gasteiger partial charge in [0.1, 0.15) is 9.79 Å². The summed E-state index contributed by atoms with van der Waals surface area (Å²) in [4.78, 5) is -0.787. The standard InChI is InChI=1S/C28H22Cl2O6S2/c29-24-8-6-20(18-26(24)37(31,32)33)10-14-28(16-12-23(13-17-28)22-4-2-1-3-5-22)15-11-21-7-9-25(30)27(19-21)38(34,35)36/h1-16,18-19H,17H2,(H,31,32,33)(H,34,35,36). The quantitative estimate of drug-likeness (QED) is 0.281. The summed E-state index contributed by atoms with van der Waals surface area (Å²) < 4.78 is 65.6. The maximum Gasteiger partial charge on any atom is 0.296 e. The largest absolute Gasteiger partial charge is 0.296 e. The first-order chi connectivity index (χ1) is 17.9. The van der Waals surface area contributed by atoms with Crippen LogP contribution in [0.15, 0.2) is 107 Å². The Morgan fingerprint density at radius 2 is 1.24 bits per heavy atom. The lowest BCUT2D eigenvalue weighted by atomic mass is 9.78. The van der Waals surface area contributed by atoms with E-state index in [9.17, 15) is 25.9 Å². The Kier molecular flexibility index (Phi) is 8.13. The molecule has 2 N–H and O–H groups in total. The second kappa shape index (κ2) is 11.0. The van der Waals surface area contributed by atoms with Crippen LogP contribution in [-0.2, 0) is 20.2 Å². The molecular formula is C28H22Cl2O6S2. The zero-order valence-electron chi connectivity index (χ0n) is 19.7. The lowest BCUT2D eigenvalue weighted by molar-refractivity contribution is 0.481. The Hall–Kier alpha value is -2.98. The number of rotatable bonds is 7. The van der Waals surface area contributed by atoms with E-state index in [4.69, 9.17) is 23.2 Å². The van der Waals surface area contributed by atoms with Gasteiger partial charge in [-0.2, -0.15) is 16.8 Å². The summed E-state index contributed by atoms with van der Waals surface area (Å²) in [6, 6.07) is 18.4. The van der Waals surface area contributed by atoms with Crippen LogP contribution in [-0.4, -0.2) is 25.9 Å². The fourth-order valence-electron chi connectivity index (χ4n) is 3.96. The number of hydrogen-bond donors (Lipinski definition) is 2. The molecule has 38 heavy (non-hydrogen) atoms. The molecule has 0 saturated heterocycles. The number of benzene rings is 3. The molecule has 0 aromatic heterocycles. The van der Waals surface area contributed by atoms with Crippen molar-refractivity contribution in [2.24, 2.45) is 5.41 Å². The highest BCUT2D eigenvalue weighted by Crippen LogP contribution is 2.37. The normalized spacial score (nSPS) is 18.3. The van der Waals surface area contributed by atoms with E-state index in [0.29, 0.717) is 17.5 Å². The molecule has 0 atom stereocenters. The van der Waals surface area contributed by atoms with Gasteiger partial charge in [0.05, 0.1) is 10.0 Å². The van der Waals surface area contributed by atoms with Crippen molar-refractivity contribution in [1.82, 2.24) is 0 Å². The third-order valence-electron chi connectivity index (χ3n) is 5.99. The fourth-order valence-corrected chi connectivity index (χ4v) is 5.98. The Morgan fingerprint density at radius 3 is 1.66 bits per heavy atom. The fraction of sp³-hybridized carbons (Fsp3) is 0.0714. The number of allylic oxidation sites excluding steroid dienone is 6. The van der Waals surface area contributed by atoms with Crippen molar-refractivity contribution in [2.75, 3.05) is 0 Å². The molecule has 3 aromatic carbocycles. The second-order valence-electron chi connectivity index (χ2n) is 8.67. The van der Waals surface area contributed by atoms with E-state index in [-0.39, 0.29) is 10.0 Å². The van der Waals surface area contributed by atoms with Crippen LogP contribution in [0, 0.1) is 5.41 Å². The monoisotopic (exact) mass is 588 g/mol. The summed E-state index contributed by atoms with van der Waals surface area (Å²) in [5, 5.41) is -0.186. The van der Waals surface area contributed by atoms with Gasteiger partial charge >= 0.3 is 0 Å². The van der Waals surface area contributed by atoms with Crippen LogP contribution in [0.5, 0.6) is 0 Å². The zero-order chi connectivity index (χ0) is 27.6. The molecule has 0 bridgehead atoms. The van der Waals surface area contributed by atoms with Crippen molar-refractivity contribution < 1.29 is 25.9 Å². The van der Waals surface area contributed by atoms with Crippen molar-refractivity contribution in [3.63, 3.8) is 0 Å². The highest BCUT2D eigenvalue weighted by Gasteiger charge is 2.23. The topological polar surface area (TPSA) is 109 Å². The zero-order valence-corrected chi connectivity index (χ0v) is 22.8. The molecule has 0 fully saturated rings. The molecule has 0 amide bonds. The summed E-state index contributed by atoms with van der Waals surface area (Å²) in [6.07, 6.45) is 13.7. The van der Waals surface area contributed by atoms with Crippen molar-refractivity contribution in [3.05, 3.63) is 124 Å². The molecule has 196 valence electrons. The highest BCUT2D eigenvalue weighted by atomic mass is 35.5. The third-order valence-corrected chi connectivity index (χ3v) is 8.66. The average molecular weight is 590 g/mol. The molecule has 0 heterocycles. The molecule has 0 unspecified atom stereocenters. The van der Waals surface area contributed by atoms with Crippen molar-refractivity contribution in [3.8, 4) is 0 Å². The van der Waals surface area contributed by atoms with E-state index in [1.165, 1.54) is 24.3 Å². The summed E-state index contributed by atoms with van der Waals surface area (Å²) >= 11 is 11.9. The summed E-state index contributed by atoms with van der Waals surface area (Å²) in [6.45, 7) is 0. The first-order valence-corrected chi connectivity index (χ1v) is 14.9. The minimum absolute atomic E-state index is 0.0929. The van der Waals surface area contributed by atoms with E-state index >= 15 is 0 Å². The van der Waals surface area contributed by atoms with E-state index in [2.05, 4.69) is 6.08 Å². The SMILES string of the molecule is O=S(=O)(O)c1cc(C=CC2(C=Cc3ccc(Cl)c(S(=O)(=O)O)c3)C=CC(c3ccccc3)=CC2)ccc1Cl. The molecule has 4 rings (SSSR count). The van der Waals surface area contributed by atoms with Gasteiger partial charge in [0.15, 0.2) is 0 Å². The average Bonchev–Trinajstić information content (AvgIpc) is 2.87. The molecule has 1 aliphatic rings. The third kappa shape index (κ3) is 6.71. The van der Waals surface area contributed by atoms with Crippen LogP contribution in [0.4, 0.5) is 0 Å². The lowest BCUT2D eigenvalue weighted by Crippen LogP contribution is -2.13. The summed E-state index contributed by atoms with van der Waals surface area (Å²) in [5.41, 5.74) is 2.41. The van der Waals surface area contributed by atoms with Crippen LogP contribution in [0.3, 0.4) is 0 Å². The second-order valence-corrected chi connectivity index (χ2v) is 12.3. The molecule has 0 saturated carbocycles. The number of halogens is 2. The molecule has 0 spiro atoms. The van der Waals surface area contributed by atoms with E-state index in [1.807, 2.05) is 54.6 Å². The Morgan fingerprint density at radius 1 is 0.737 bits per heavy atom. The van der Waals surface area contributed by atoms with Gasteiger partial charge in [0.25, 0.3) is 20.2 Å². The highest BCUT2D eigenvalue weighted by molar-refractivity contribution is 7.86. The molecule has 3 aromatic rings. The van der Waals surface area contributed by atoms with Gasteiger partial charge in [-0.15, -0.1) is 0 Å². The van der Waals surface area contributed by atoms with Crippen molar-refractivity contribution >= 4 is 61.2 Å². The summed E-state index contributed by atoms with van der Waals surface area (Å²) in [5.74, 6) is 0. The molecule has 0 radical (unpaired) electrons. The van der Waals surface area contributed by atoms with Gasteiger partial charge in [0, 0.05) is 5.41 Å². The predicted molar refractivity (Wildman–Crippen MR) is 151 cm³/mol. The smallest absolute Gasteiger partial charge is 0.282 e. The van der Waals surface area contributed by atoms with E-state index in [0.717, 1.165) is 11.1 Å². The minimum Gasteiger partial charge on any atom is -0.282 e. The lowest BCUT2D eigenvalue weighted by Gasteiger charge is -2.26. The van der Waals surface area contributed by atoms with Gasteiger partial charge in [-0.05, 0) is 52.9 Å². The molecule has 6 nitrogen and oxygen atoms in total. The van der Waals surface area contributed by atoms with Crippen LogP contribution in [0.25, 0.3) is 17.7 Å². The van der Waals surface area contributed by atoms with Crippen molar-refractivity contribution in [1.29, 1.82) is 0 Å². The Bertz CT molecular complexity index is 1610. The van der Waals surface area contributed by atoms with E-state index in [1.54, 1.807) is 24.3 Å². The van der Waals surface area contributed by atoms with Crippen LogP contribution in [0.1, 0.15) is 23.1 Å². The first-order valence-electron chi connectivity index (χ1n) is 11.2. The Labute approximate surface area is 231 Å². The van der Waals surface area contributed by atoms with Gasteiger partial charge in [-0.1, -0.05) is 108 Å². The van der Waals surface area contributed by atoms with Crippen LogP contribution < -0.4 is 0 Å². The molecular weight excluding hydrogens is 567 g/mol. The molecule has 0 aliphatic heterocycles. The van der Waals surface area contributed by atoms with Crippen LogP contribution in [0.2, 0.25) is 10.0 Å². The summed E-state index contributed by atoms with van der Waals surface area (Å²) in [7, 11) is -9.00. The maximum atomic E-state index is 11.7. The van der Waals surface area contributed by atoms with E-state index < -0.39 is 35.4 Å². The van der Waals surface area contributed by atoms with Gasteiger partial charge < -0.3 is 0 Å². The first kappa shape index (κ1) is 28.0. The number of hydrogen-bond acceptors (Lipinski definition) is 4. The Balaban J connectivity index is 1.73. The molecule has 10 heteroatoms. The van der Waals surface area contributed by atoms with Gasteiger partial charge in [-0.3, -0.25) is 9.11 Å². The van der Waals surface area contributed by atoms with Crippen molar-refractivity contribution in [2.45, 2.75) is 16.2 Å². The molecule has 1 aliphatic carbocycles. The van der Waals surface area contributed by atoms with Gasteiger partial charge in [-0.25, -0.2) is 0 Å². The van der Waals surface area contributed by atoms with Gasteiger partial charge in [0.2, 0.25) is 0 Å². The predicted octanol–water partition coefficient (Wildman–Crippen LogP) is 7.24. The van der Waals surface area contributed by atoms with Crippen LogP contribution >= 0.6 is 23.2 Å². The minimum atomic E-state index is -4.50. The maximum absolute atomic E-state index is 11.7.